The third kappa shape index (κ3) is 3.89. The largest absolute Gasteiger partial charge is 0.480 e. The number of carboxylic acid groups (broad SMARTS) is 2. The fraction of sp³-hybridized carbons (Fsp3) is 0.750. The van der Waals surface area contributed by atoms with E-state index in [0.717, 1.165) is 0 Å². The molecule has 0 saturated heterocycles. The third-order valence-corrected chi connectivity index (χ3v) is 1.82. The summed E-state index contributed by atoms with van der Waals surface area (Å²) in [6, 6.07) is -1.55. The average molecular weight is 189 g/mol. The topological polar surface area (TPSA) is 86.6 Å². The molecule has 5 nitrogen and oxygen atoms in total. The van der Waals surface area contributed by atoms with E-state index in [1.807, 2.05) is 0 Å². The lowest BCUT2D eigenvalue weighted by Gasteiger charge is -2.17. The maximum atomic E-state index is 10.5. The molecule has 0 aliphatic rings. The first-order valence-corrected chi connectivity index (χ1v) is 4.24. The highest BCUT2D eigenvalue weighted by Gasteiger charge is 2.22. The fourth-order valence-electron chi connectivity index (χ4n) is 0.970. The smallest absolute Gasteiger partial charge is 0.320 e. The molecule has 0 aromatic heterocycles. The second-order valence-corrected chi connectivity index (χ2v) is 2.76. The van der Waals surface area contributed by atoms with Gasteiger partial charge < -0.3 is 10.2 Å². The molecule has 0 rings (SSSR count). The number of carboxylic acids is 2. The van der Waals surface area contributed by atoms with E-state index in [0.29, 0.717) is 12.8 Å². The average Bonchev–Trinajstić information content (AvgIpc) is 2.05. The summed E-state index contributed by atoms with van der Waals surface area (Å²) in [5, 5.41) is 19.8. The maximum Gasteiger partial charge on any atom is 0.320 e. The first-order valence-electron chi connectivity index (χ1n) is 4.24. The molecule has 0 aliphatic heterocycles. The van der Waals surface area contributed by atoms with Crippen molar-refractivity contribution in [3.05, 3.63) is 0 Å². The van der Waals surface area contributed by atoms with Crippen molar-refractivity contribution in [2.75, 3.05) is 0 Å². The predicted molar refractivity (Wildman–Crippen MR) is 46.6 cm³/mol. The number of aliphatic carboxylic acids is 2. The Balaban J connectivity index is 4.19. The van der Waals surface area contributed by atoms with Gasteiger partial charge in [-0.25, -0.2) is 0 Å². The van der Waals surface area contributed by atoms with Gasteiger partial charge in [-0.15, -0.1) is 0 Å². The van der Waals surface area contributed by atoms with Gasteiger partial charge in [-0.1, -0.05) is 13.8 Å². The van der Waals surface area contributed by atoms with Crippen LogP contribution < -0.4 is 5.32 Å². The zero-order chi connectivity index (χ0) is 10.4. The van der Waals surface area contributed by atoms with Crippen LogP contribution in [0.2, 0.25) is 0 Å². The van der Waals surface area contributed by atoms with Crippen LogP contribution in [-0.2, 0) is 9.59 Å². The Morgan fingerprint density at radius 2 is 1.38 bits per heavy atom. The maximum absolute atomic E-state index is 10.5. The highest BCUT2D eigenvalue weighted by Crippen LogP contribution is 1.97. The molecule has 0 radical (unpaired) electrons. The summed E-state index contributed by atoms with van der Waals surface area (Å²) in [5.74, 6) is -2.02. The summed E-state index contributed by atoms with van der Waals surface area (Å²) < 4.78 is 0. The molecule has 0 bridgehead atoms. The molecule has 0 aliphatic carbocycles. The van der Waals surface area contributed by atoms with Gasteiger partial charge >= 0.3 is 11.9 Å². The molecule has 0 saturated carbocycles. The Kier molecular flexibility index (Phi) is 5.06. The molecule has 2 atom stereocenters. The van der Waals surface area contributed by atoms with Gasteiger partial charge in [-0.2, -0.15) is 0 Å². The van der Waals surface area contributed by atoms with Gasteiger partial charge in [0.25, 0.3) is 0 Å². The van der Waals surface area contributed by atoms with Crippen molar-refractivity contribution in [2.45, 2.75) is 38.8 Å². The Bertz CT molecular complexity index is 173. The van der Waals surface area contributed by atoms with Crippen molar-refractivity contribution < 1.29 is 19.8 Å². The van der Waals surface area contributed by atoms with Gasteiger partial charge in [0.15, 0.2) is 0 Å². The lowest BCUT2D eigenvalue weighted by atomic mass is 10.1. The van der Waals surface area contributed by atoms with Gasteiger partial charge in [0.1, 0.15) is 12.1 Å². The summed E-state index contributed by atoms with van der Waals surface area (Å²) in [6.07, 6.45) is 0.748. The lowest BCUT2D eigenvalue weighted by Crippen LogP contribution is -2.46. The first kappa shape index (κ1) is 11.9. The van der Waals surface area contributed by atoms with Crippen molar-refractivity contribution in [2.24, 2.45) is 0 Å². The van der Waals surface area contributed by atoms with Crippen molar-refractivity contribution in [3.63, 3.8) is 0 Å². The first-order chi connectivity index (χ1) is 6.02. The van der Waals surface area contributed by atoms with E-state index >= 15 is 0 Å². The molecule has 0 fully saturated rings. The summed E-state index contributed by atoms with van der Waals surface area (Å²) in [4.78, 5) is 21.1. The van der Waals surface area contributed by atoms with Crippen LogP contribution >= 0.6 is 0 Å². The van der Waals surface area contributed by atoms with Crippen LogP contribution in [0.1, 0.15) is 26.7 Å². The number of carbonyl (C=O) groups is 2. The monoisotopic (exact) mass is 189 g/mol. The highest BCUT2D eigenvalue weighted by molar-refractivity contribution is 5.77. The van der Waals surface area contributed by atoms with E-state index in [1.165, 1.54) is 0 Å². The minimum absolute atomic E-state index is 0.374. The molecular weight excluding hydrogens is 174 g/mol. The number of hydrogen-bond acceptors (Lipinski definition) is 3. The normalized spacial score (nSPS) is 14.9. The van der Waals surface area contributed by atoms with Crippen LogP contribution in [0.3, 0.4) is 0 Å². The number of rotatable bonds is 6. The summed E-state index contributed by atoms with van der Waals surface area (Å²) in [6.45, 7) is 3.39. The lowest BCUT2D eigenvalue weighted by molar-refractivity contribution is -0.142. The van der Waals surface area contributed by atoms with Gasteiger partial charge in [0.05, 0.1) is 0 Å². The van der Waals surface area contributed by atoms with E-state index in [-0.39, 0.29) is 0 Å². The molecule has 0 spiro atoms. The predicted octanol–water partition coefficient (Wildman–Crippen LogP) is 0.302. The summed E-state index contributed by atoms with van der Waals surface area (Å²) in [5.41, 5.74) is 0. The van der Waals surface area contributed by atoms with E-state index in [2.05, 4.69) is 5.32 Å². The number of hydrogen-bond donors (Lipinski definition) is 3. The molecular formula is C8H15NO4. The van der Waals surface area contributed by atoms with Crippen LogP contribution in [-0.4, -0.2) is 34.2 Å². The standard InChI is InChI=1S/C8H15NO4/c1-3-5(7(10)11)9-6(4-2)8(12)13/h5-6,9H,3-4H2,1-2H3,(H,10,11)(H,12,13). The quantitative estimate of drug-likeness (QED) is 0.559. The van der Waals surface area contributed by atoms with Crippen LogP contribution in [0.15, 0.2) is 0 Å². The Morgan fingerprint density at radius 3 is 1.54 bits per heavy atom. The Morgan fingerprint density at radius 1 is 1.08 bits per heavy atom. The van der Waals surface area contributed by atoms with Crippen molar-refractivity contribution in [1.29, 1.82) is 0 Å². The van der Waals surface area contributed by atoms with Crippen LogP contribution in [0.5, 0.6) is 0 Å². The molecule has 3 N–H and O–H groups in total. The molecule has 0 amide bonds. The van der Waals surface area contributed by atoms with E-state index < -0.39 is 24.0 Å². The third-order valence-electron chi connectivity index (χ3n) is 1.82. The zero-order valence-electron chi connectivity index (χ0n) is 7.78. The van der Waals surface area contributed by atoms with E-state index in [1.54, 1.807) is 13.8 Å². The van der Waals surface area contributed by atoms with Crippen molar-refractivity contribution in [1.82, 2.24) is 5.32 Å². The molecule has 0 aromatic carbocycles. The molecule has 76 valence electrons. The SMILES string of the molecule is CCC(NC(CC)C(=O)O)C(=O)O. The second kappa shape index (κ2) is 5.53. The van der Waals surface area contributed by atoms with Gasteiger partial charge in [-0.3, -0.25) is 14.9 Å². The van der Waals surface area contributed by atoms with Crippen LogP contribution in [0, 0.1) is 0 Å². The van der Waals surface area contributed by atoms with Gasteiger partial charge in [0.2, 0.25) is 0 Å². The van der Waals surface area contributed by atoms with Crippen molar-refractivity contribution in [3.8, 4) is 0 Å². The Hall–Kier alpha value is -1.10. The molecule has 5 heteroatoms. The number of nitrogens with one attached hydrogen (secondary N) is 1. The van der Waals surface area contributed by atoms with E-state index in [9.17, 15) is 9.59 Å². The minimum atomic E-state index is -1.01. The summed E-state index contributed by atoms with van der Waals surface area (Å²) in [7, 11) is 0. The van der Waals surface area contributed by atoms with E-state index in [4.69, 9.17) is 10.2 Å². The van der Waals surface area contributed by atoms with Crippen molar-refractivity contribution >= 4 is 11.9 Å². The van der Waals surface area contributed by atoms with Gasteiger partial charge in [0, 0.05) is 0 Å². The molecule has 0 heterocycles. The summed E-state index contributed by atoms with van der Waals surface area (Å²) >= 11 is 0. The molecule has 13 heavy (non-hydrogen) atoms. The van der Waals surface area contributed by atoms with Crippen LogP contribution in [0.25, 0.3) is 0 Å². The highest BCUT2D eigenvalue weighted by atomic mass is 16.4. The zero-order valence-corrected chi connectivity index (χ0v) is 7.78. The fourth-order valence-corrected chi connectivity index (χ4v) is 0.970. The van der Waals surface area contributed by atoms with Gasteiger partial charge in [-0.05, 0) is 12.8 Å². The minimum Gasteiger partial charge on any atom is -0.480 e. The molecule has 2 unspecified atom stereocenters. The Labute approximate surface area is 76.8 Å². The molecule has 0 aromatic rings. The van der Waals surface area contributed by atoms with Crippen LogP contribution in [0.4, 0.5) is 0 Å². The second-order valence-electron chi connectivity index (χ2n) is 2.76.